The largest absolute Gasteiger partial charge is 0.497 e. The summed E-state index contributed by atoms with van der Waals surface area (Å²) in [5.74, 6) is 0.810. The third kappa shape index (κ3) is 2.72. The lowest BCUT2D eigenvalue weighted by atomic mass is 10.0. The first-order valence-corrected chi connectivity index (χ1v) is 6.07. The van der Waals surface area contributed by atoms with E-state index >= 15 is 0 Å². The van der Waals surface area contributed by atoms with Crippen LogP contribution < -0.4 is 9.47 Å². The maximum Gasteiger partial charge on any atom is 0.131 e. The monoisotopic (exact) mass is 271 g/mol. The van der Waals surface area contributed by atoms with Gasteiger partial charge in [0.1, 0.15) is 17.3 Å². The Bertz CT molecular complexity index is 662. The van der Waals surface area contributed by atoms with E-state index in [1.807, 2.05) is 6.07 Å². The predicted octanol–water partition coefficient (Wildman–Crippen LogP) is 3.58. The van der Waals surface area contributed by atoms with Crippen LogP contribution in [0.5, 0.6) is 11.5 Å². The molecule has 20 heavy (non-hydrogen) atoms. The number of hydrogen-bond donors (Lipinski definition) is 0. The first-order chi connectivity index (χ1) is 9.69. The Balaban J connectivity index is 2.48. The van der Waals surface area contributed by atoms with E-state index in [1.165, 1.54) is 13.2 Å². The summed E-state index contributed by atoms with van der Waals surface area (Å²) in [6.45, 7) is 0. The van der Waals surface area contributed by atoms with Gasteiger partial charge in [0.05, 0.1) is 26.7 Å². The molecule has 0 aliphatic carbocycles. The number of halogens is 1. The number of nitriles is 1. The molecule has 0 unspecified atom stereocenters. The summed E-state index contributed by atoms with van der Waals surface area (Å²) >= 11 is 0. The molecule has 0 radical (unpaired) electrons. The van der Waals surface area contributed by atoms with Crippen molar-refractivity contribution in [3.63, 3.8) is 0 Å². The molecule has 0 saturated carbocycles. The van der Waals surface area contributed by atoms with Crippen molar-refractivity contribution in [1.29, 1.82) is 5.26 Å². The second-order valence-electron chi connectivity index (χ2n) is 4.22. The summed E-state index contributed by atoms with van der Waals surface area (Å²) in [6.07, 6.45) is 0.191. The Labute approximate surface area is 117 Å². The van der Waals surface area contributed by atoms with Gasteiger partial charge < -0.3 is 9.47 Å². The van der Waals surface area contributed by atoms with Crippen molar-refractivity contribution in [2.24, 2.45) is 0 Å². The standard InChI is InChI=1S/C16H14FNO2/c1-19-12-4-6-14(16(10-12)20-2)13-5-3-11(7-8-18)9-15(13)17/h3-6,9-10H,7H2,1-2H3. The van der Waals surface area contributed by atoms with Gasteiger partial charge in [0.15, 0.2) is 0 Å². The Morgan fingerprint density at radius 2 is 1.80 bits per heavy atom. The minimum absolute atomic E-state index is 0.191. The summed E-state index contributed by atoms with van der Waals surface area (Å²) < 4.78 is 24.6. The number of nitrogens with zero attached hydrogens (tertiary/aromatic N) is 1. The molecule has 0 spiro atoms. The molecule has 0 atom stereocenters. The maximum atomic E-state index is 14.2. The van der Waals surface area contributed by atoms with Crippen molar-refractivity contribution in [1.82, 2.24) is 0 Å². The Morgan fingerprint density at radius 3 is 2.40 bits per heavy atom. The fraction of sp³-hybridized carbons (Fsp3) is 0.188. The molecule has 0 aromatic heterocycles. The number of rotatable bonds is 4. The Kier molecular flexibility index (Phi) is 4.21. The van der Waals surface area contributed by atoms with Gasteiger partial charge in [-0.15, -0.1) is 0 Å². The lowest BCUT2D eigenvalue weighted by Gasteiger charge is -2.11. The number of ether oxygens (including phenoxy) is 2. The highest BCUT2D eigenvalue weighted by atomic mass is 19.1. The fourth-order valence-corrected chi connectivity index (χ4v) is 2.00. The normalized spacial score (nSPS) is 9.90. The van der Waals surface area contributed by atoms with E-state index in [2.05, 4.69) is 0 Å². The molecule has 4 heteroatoms. The molecular weight excluding hydrogens is 257 g/mol. The van der Waals surface area contributed by atoms with Gasteiger partial charge in [0.25, 0.3) is 0 Å². The molecular formula is C16H14FNO2. The first kappa shape index (κ1) is 13.9. The van der Waals surface area contributed by atoms with Crippen LogP contribution >= 0.6 is 0 Å². The van der Waals surface area contributed by atoms with Crippen LogP contribution in [0.3, 0.4) is 0 Å². The van der Waals surface area contributed by atoms with Crippen LogP contribution in [0.15, 0.2) is 36.4 Å². The van der Waals surface area contributed by atoms with Gasteiger partial charge in [-0.25, -0.2) is 4.39 Å². The lowest BCUT2D eigenvalue weighted by molar-refractivity contribution is 0.395. The minimum Gasteiger partial charge on any atom is -0.497 e. The van der Waals surface area contributed by atoms with Crippen LogP contribution in [0.2, 0.25) is 0 Å². The molecule has 0 amide bonds. The SMILES string of the molecule is COc1ccc(-c2ccc(CC#N)cc2F)c(OC)c1. The molecule has 0 heterocycles. The molecule has 102 valence electrons. The maximum absolute atomic E-state index is 14.2. The van der Waals surface area contributed by atoms with Gasteiger partial charge in [-0.05, 0) is 23.8 Å². The highest BCUT2D eigenvalue weighted by Crippen LogP contribution is 2.34. The summed E-state index contributed by atoms with van der Waals surface area (Å²) in [7, 11) is 3.09. The number of hydrogen-bond acceptors (Lipinski definition) is 3. The van der Waals surface area contributed by atoms with Crippen LogP contribution in [-0.2, 0) is 6.42 Å². The summed E-state index contributed by atoms with van der Waals surface area (Å²) in [5, 5.41) is 8.63. The zero-order valence-corrected chi connectivity index (χ0v) is 11.3. The molecule has 2 rings (SSSR count). The van der Waals surface area contributed by atoms with Crippen LogP contribution in [0, 0.1) is 17.1 Å². The highest BCUT2D eigenvalue weighted by molar-refractivity contribution is 5.72. The Morgan fingerprint density at radius 1 is 1.05 bits per heavy atom. The fourth-order valence-electron chi connectivity index (χ4n) is 2.00. The van der Waals surface area contributed by atoms with E-state index in [9.17, 15) is 4.39 Å². The van der Waals surface area contributed by atoms with Gasteiger partial charge >= 0.3 is 0 Å². The number of benzene rings is 2. The van der Waals surface area contributed by atoms with Crippen molar-refractivity contribution in [2.75, 3.05) is 14.2 Å². The van der Waals surface area contributed by atoms with Crippen molar-refractivity contribution in [3.8, 4) is 28.7 Å². The second-order valence-corrected chi connectivity index (χ2v) is 4.22. The van der Waals surface area contributed by atoms with Crippen molar-refractivity contribution < 1.29 is 13.9 Å². The molecule has 0 aliphatic heterocycles. The van der Waals surface area contributed by atoms with Crippen LogP contribution in [0.4, 0.5) is 4.39 Å². The molecule has 2 aromatic carbocycles. The smallest absolute Gasteiger partial charge is 0.131 e. The van der Waals surface area contributed by atoms with Gasteiger partial charge in [-0.2, -0.15) is 5.26 Å². The van der Waals surface area contributed by atoms with Crippen molar-refractivity contribution in [3.05, 3.63) is 47.8 Å². The topological polar surface area (TPSA) is 42.2 Å². The summed E-state index contributed by atoms with van der Waals surface area (Å²) in [4.78, 5) is 0. The molecule has 0 aliphatic rings. The van der Waals surface area contributed by atoms with E-state index in [1.54, 1.807) is 37.4 Å². The third-order valence-electron chi connectivity index (χ3n) is 3.02. The highest BCUT2D eigenvalue weighted by Gasteiger charge is 2.12. The molecule has 0 N–H and O–H groups in total. The zero-order chi connectivity index (χ0) is 14.5. The van der Waals surface area contributed by atoms with Gasteiger partial charge in [0, 0.05) is 17.2 Å². The van der Waals surface area contributed by atoms with E-state index in [0.717, 1.165) is 0 Å². The lowest BCUT2D eigenvalue weighted by Crippen LogP contribution is -1.93. The molecule has 2 aromatic rings. The molecule has 3 nitrogen and oxygen atoms in total. The Hall–Kier alpha value is -2.54. The van der Waals surface area contributed by atoms with Crippen LogP contribution in [0.1, 0.15) is 5.56 Å². The van der Waals surface area contributed by atoms with Crippen LogP contribution in [0.25, 0.3) is 11.1 Å². The van der Waals surface area contributed by atoms with E-state index < -0.39 is 0 Å². The van der Waals surface area contributed by atoms with Gasteiger partial charge in [-0.3, -0.25) is 0 Å². The third-order valence-corrected chi connectivity index (χ3v) is 3.02. The summed E-state index contributed by atoms with van der Waals surface area (Å²) in [6, 6.07) is 12.0. The van der Waals surface area contributed by atoms with E-state index in [0.29, 0.717) is 28.2 Å². The molecule has 0 saturated heterocycles. The van der Waals surface area contributed by atoms with Gasteiger partial charge in [-0.1, -0.05) is 12.1 Å². The molecule has 0 bridgehead atoms. The quantitative estimate of drug-likeness (QED) is 0.853. The average Bonchev–Trinajstić information content (AvgIpc) is 2.47. The van der Waals surface area contributed by atoms with Crippen molar-refractivity contribution >= 4 is 0 Å². The van der Waals surface area contributed by atoms with Crippen molar-refractivity contribution in [2.45, 2.75) is 6.42 Å². The predicted molar refractivity (Wildman–Crippen MR) is 74.3 cm³/mol. The van der Waals surface area contributed by atoms with Gasteiger partial charge in [0.2, 0.25) is 0 Å². The average molecular weight is 271 g/mol. The minimum atomic E-state index is -0.374. The first-order valence-electron chi connectivity index (χ1n) is 6.07. The molecule has 0 fully saturated rings. The summed E-state index contributed by atoms with van der Waals surface area (Å²) in [5.41, 5.74) is 1.74. The van der Waals surface area contributed by atoms with Crippen LogP contribution in [-0.4, -0.2) is 14.2 Å². The van der Waals surface area contributed by atoms with E-state index in [4.69, 9.17) is 14.7 Å². The zero-order valence-electron chi connectivity index (χ0n) is 11.3. The second kappa shape index (κ2) is 6.07. The van der Waals surface area contributed by atoms with E-state index in [-0.39, 0.29) is 12.2 Å². The number of methoxy groups -OCH3 is 2.